The first-order valence-corrected chi connectivity index (χ1v) is 8.84. The van der Waals surface area contributed by atoms with Crippen LogP contribution in [0.5, 0.6) is 5.88 Å². The van der Waals surface area contributed by atoms with Crippen LogP contribution in [-0.4, -0.2) is 34.3 Å². The Hall–Kier alpha value is -2.30. The third-order valence-electron chi connectivity index (χ3n) is 4.33. The number of rotatable bonds is 6. The number of nitrogens with one attached hydrogen (secondary N) is 1. The maximum absolute atomic E-state index is 10.1. The lowest BCUT2D eigenvalue weighted by Crippen LogP contribution is -2.21. The molecule has 0 saturated carbocycles. The molecular formula is C20H22ClN3O. The van der Waals surface area contributed by atoms with Gasteiger partial charge in [-0.2, -0.15) is 0 Å². The third-order valence-corrected chi connectivity index (χ3v) is 4.57. The van der Waals surface area contributed by atoms with Crippen molar-refractivity contribution in [2.75, 3.05) is 13.1 Å². The average molecular weight is 356 g/mol. The predicted molar refractivity (Wildman–Crippen MR) is 105 cm³/mol. The summed E-state index contributed by atoms with van der Waals surface area (Å²) in [5.41, 5.74) is 3.57. The van der Waals surface area contributed by atoms with Crippen LogP contribution in [0.1, 0.15) is 25.0 Å². The van der Waals surface area contributed by atoms with Crippen LogP contribution in [-0.2, 0) is 6.54 Å². The SMILES string of the molecule is CCN(CC)Cc1cccc(N=Cc2c(O)[nH]c3ccc(Cl)cc23)c1. The molecule has 0 unspecified atom stereocenters. The highest BCUT2D eigenvalue weighted by Crippen LogP contribution is 2.28. The summed E-state index contributed by atoms with van der Waals surface area (Å²) in [6.45, 7) is 7.28. The number of aromatic hydroxyl groups is 1. The molecule has 25 heavy (non-hydrogen) atoms. The van der Waals surface area contributed by atoms with Gasteiger partial charge in [-0.15, -0.1) is 0 Å². The zero-order chi connectivity index (χ0) is 17.8. The monoisotopic (exact) mass is 355 g/mol. The predicted octanol–water partition coefficient (Wildman–Crippen LogP) is 5.12. The largest absolute Gasteiger partial charge is 0.494 e. The zero-order valence-electron chi connectivity index (χ0n) is 14.5. The molecule has 3 rings (SSSR count). The van der Waals surface area contributed by atoms with Crippen molar-refractivity contribution in [3.8, 4) is 5.88 Å². The Morgan fingerprint density at radius 2 is 1.96 bits per heavy atom. The van der Waals surface area contributed by atoms with E-state index in [1.165, 1.54) is 5.56 Å². The number of H-pyrrole nitrogens is 1. The first-order valence-electron chi connectivity index (χ1n) is 8.46. The van der Waals surface area contributed by atoms with Crippen molar-refractivity contribution in [1.29, 1.82) is 0 Å². The maximum Gasteiger partial charge on any atom is 0.198 e. The highest BCUT2D eigenvalue weighted by Gasteiger charge is 2.09. The summed E-state index contributed by atoms with van der Waals surface area (Å²) in [5, 5.41) is 11.6. The Bertz CT molecular complexity index is 897. The number of nitrogens with zero attached hydrogens (tertiary/aromatic N) is 2. The molecule has 0 radical (unpaired) electrons. The summed E-state index contributed by atoms with van der Waals surface area (Å²) < 4.78 is 0. The van der Waals surface area contributed by atoms with E-state index in [9.17, 15) is 5.11 Å². The summed E-state index contributed by atoms with van der Waals surface area (Å²) in [6, 6.07) is 13.6. The van der Waals surface area contributed by atoms with Gasteiger partial charge in [0.15, 0.2) is 5.88 Å². The van der Waals surface area contributed by atoms with Crippen LogP contribution in [0, 0.1) is 0 Å². The van der Waals surface area contributed by atoms with Gasteiger partial charge in [0.25, 0.3) is 0 Å². The number of fused-ring (bicyclic) bond motifs is 1. The summed E-state index contributed by atoms with van der Waals surface area (Å²) >= 11 is 6.07. The van der Waals surface area contributed by atoms with Crippen LogP contribution in [0.2, 0.25) is 5.02 Å². The summed E-state index contributed by atoms with van der Waals surface area (Å²) in [7, 11) is 0. The van der Waals surface area contributed by atoms with Crippen LogP contribution in [0.3, 0.4) is 0 Å². The first kappa shape index (κ1) is 17.5. The normalized spacial score (nSPS) is 11.8. The number of aliphatic imine (C=N–C) groups is 1. The molecule has 3 aromatic rings. The molecule has 0 fully saturated rings. The second-order valence-corrected chi connectivity index (χ2v) is 6.40. The number of aromatic nitrogens is 1. The zero-order valence-corrected chi connectivity index (χ0v) is 15.2. The van der Waals surface area contributed by atoms with E-state index in [0.29, 0.717) is 10.6 Å². The van der Waals surface area contributed by atoms with Crippen LogP contribution < -0.4 is 0 Å². The fourth-order valence-corrected chi connectivity index (χ4v) is 3.05. The molecule has 0 aliphatic rings. The molecule has 0 atom stereocenters. The van der Waals surface area contributed by atoms with Crippen molar-refractivity contribution >= 4 is 34.4 Å². The van der Waals surface area contributed by atoms with E-state index in [1.54, 1.807) is 12.3 Å². The van der Waals surface area contributed by atoms with Crippen molar-refractivity contribution < 1.29 is 5.11 Å². The van der Waals surface area contributed by atoms with E-state index >= 15 is 0 Å². The second kappa shape index (κ2) is 7.72. The minimum absolute atomic E-state index is 0.0975. The van der Waals surface area contributed by atoms with Crippen LogP contribution in [0.15, 0.2) is 47.5 Å². The highest BCUT2D eigenvalue weighted by molar-refractivity contribution is 6.31. The molecular weight excluding hydrogens is 334 g/mol. The molecule has 5 heteroatoms. The number of halogens is 1. The second-order valence-electron chi connectivity index (χ2n) is 5.97. The van der Waals surface area contributed by atoms with Crippen LogP contribution in [0.4, 0.5) is 5.69 Å². The number of benzene rings is 2. The van der Waals surface area contributed by atoms with Crippen molar-refractivity contribution in [3.63, 3.8) is 0 Å². The molecule has 0 spiro atoms. The highest BCUT2D eigenvalue weighted by atomic mass is 35.5. The Balaban J connectivity index is 1.87. The molecule has 1 heterocycles. The maximum atomic E-state index is 10.1. The topological polar surface area (TPSA) is 51.6 Å². The molecule has 0 amide bonds. The lowest BCUT2D eigenvalue weighted by atomic mass is 10.1. The Morgan fingerprint density at radius 3 is 2.72 bits per heavy atom. The van der Waals surface area contributed by atoms with Gasteiger partial charge in [-0.3, -0.25) is 9.89 Å². The van der Waals surface area contributed by atoms with Gasteiger partial charge in [-0.1, -0.05) is 37.6 Å². The van der Waals surface area contributed by atoms with E-state index in [1.807, 2.05) is 24.3 Å². The molecule has 0 aliphatic carbocycles. The molecule has 0 saturated heterocycles. The van der Waals surface area contributed by atoms with E-state index in [4.69, 9.17) is 11.6 Å². The Morgan fingerprint density at radius 1 is 1.16 bits per heavy atom. The van der Waals surface area contributed by atoms with Gasteiger partial charge in [-0.05, 0) is 49.0 Å². The summed E-state index contributed by atoms with van der Waals surface area (Å²) in [5.74, 6) is 0.0975. The molecule has 1 aromatic heterocycles. The number of aromatic amines is 1. The summed E-state index contributed by atoms with van der Waals surface area (Å²) in [4.78, 5) is 9.84. The third kappa shape index (κ3) is 4.03. The van der Waals surface area contributed by atoms with E-state index < -0.39 is 0 Å². The minimum atomic E-state index is 0.0975. The van der Waals surface area contributed by atoms with Crippen molar-refractivity contribution in [2.24, 2.45) is 4.99 Å². The van der Waals surface area contributed by atoms with Crippen LogP contribution >= 0.6 is 11.6 Å². The molecule has 130 valence electrons. The summed E-state index contributed by atoms with van der Waals surface area (Å²) in [6.07, 6.45) is 1.68. The number of hydrogen-bond donors (Lipinski definition) is 2. The van der Waals surface area contributed by atoms with E-state index in [-0.39, 0.29) is 5.88 Å². The van der Waals surface area contributed by atoms with Crippen LogP contribution in [0.25, 0.3) is 10.9 Å². The van der Waals surface area contributed by atoms with Gasteiger partial charge in [0.2, 0.25) is 0 Å². The molecule has 0 aliphatic heterocycles. The standard InChI is InChI=1S/C20H22ClN3O/c1-3-24(4-2)13-14-6-5-7-16(10-14)22-12-18-17-11-15(21)8-9-19(17)23-20(18)25/h5-12,23,25H,3-4,13H2,1-2H3. The fourth-order valence-electron chi connectivity index (χ4n) is 2.88. The Labute approximate surface area is 152 Å². The van der Waals surface area contributed by atoms with Crippen molar-refractivity contribution in [3.05, 3.63) is 58.6 Å². The van der Waals surface area contributed by atoms with Gasteiger partial charge in [0.1, 0.15) is 0 Å². The molecule has 4 nitrogen and oxygen atoms in total. The lowest BCUT2D eigenvalue weighted by Gasteiger charge is -2.17. The minimum Gasteiger partial charge on any atom is -0.494 e. The average Bonchev–Trinajstić information content (AvgIpc) is 2.92. The van der Waals surface area contributed by atoms with E-state index in [2.05, 4.69) is 40.9 Å². The van der Waals surface area contributed by atoms with Gasteiger partial charge < -0.3 is 10.1 Å². The lowest BCUT2D eigenvalue weighted by molar-refractivity contribution is 0.296. The van der Waals surface area contributed by atoms with E-state index in [0.717, 1.165) is 36.2 Å². The van der Waals surface area contributed by atoms with Gasteiger partial charge in [0, 0.05) is 28.7 Å². The van der Waals surface area contributed by atoms with Gasteiger partial charge >= 0.3 is 0 Å². The first-order chi connectivity index (χ1) is 12.1. The molecule has 2 N–H and O–H groups in total. The molecule has 2 aromatic carbocycles. The smallest absolute Gasteiger partial charge is 0.198 e. The molecule has 0 bridgehead atoms. The van der Waals surface area contributed by atoms with Crippen molar-refractivity contribution in [2.45, 2.75) is 20.4 Å². The number of hydrogen-bond acceptors (Lipinski definition) is 3. The fraction of sp³-hybridized carbons (Fsp3) is 0.250. The Kier molecular flexibility index (Phi) is 5.41. The van der Waals surface area contributed by atoms with Crippen molar-refractivity contribution in [1.82, 2.24) is 9.88 Å². The van der Waals surface area contributed by atoms with Gasteiger partial charge in [-0.25, -0.2) is 0 Å². The quantitative estimate of drug-likeness (QED) is 0.603. The van der Waals surface area contributed by atoms with Gasteiger partial charge in [0.05, 0.1) is 11.3 Å².